The van der Waals surface area contributed by atoms with Gasteiger partial charge in [0.2, 0.25) is 0 Å². The molecule has 9 heteroatoms. The monoisotopic (exact) mass is 307 g/mol. The molecule has 0 amide bonds. The number of nitrogen functional groups attached to an aromatic ring is 1. The molecular formula is C10H17N3O4S2. The maximum Gasteiger partial charge on any atom is 0.304 e. The zero-order chi connectivity index (χ0) is 14.8. The second kappa shape index (κ2) is 5.85. The van der Waals surface area contributed by atoms with Crippen molar-refractivity contribution < 1.29 is 13.3 Å². The van der Waals surface area contributed by atoms with E-state index in [0.717, 1.165) is 23.8 Å². The van der Waals surface area contributed by atoms with Crippen LogP contribution >= 0.6 is 11.3 Å². The second-order valence-electron chi connectivity index (χ2n) is 4.37. The summed E-state index contributed by atoms with van der Waals surface area (Å²) in [6.45, 7) is 4.28. The van der Waals surface area contributed by atoms with Crippen molar-refractivity contribution in [1.29, 1.82) is 0 Å². The summed E-state index contributed by atoms with van der Waals surface area (Å²) in [6.07, 6.45) is 0.854. The molecule has 0 spiro atoms. The van der Waals surface area contributed by atoms with Gasteiger partial charge in [-0.2, -0.15) is 4.31 Å². The van der Waals surface area contributed by atoms with Gasteiger partial charge in [-0.3, -0.25) is 10.1 Å². The lowest BCUT2D eigenvalue weighted by Gasteiger charge is -2.19. The molecule has 2 N–H and O–H groups in total. The van der Waals surface area contributed by atoms with Crippen LogP contribution in [-0.4, -0.2) is 31.2 Å². The van der Waals surface area contributed by atoms with E-state index < -0.39 is 14.9 Å². The predicted molar refractivity (Wildman–Crippen MR) is 74.7 cm³/mol. The van der Waals surface area contributed by atoms with Crippen molar-refractivity contribution in [1.82, 2.24) is 4.31 Å². The van der Waals surface area contributed by atoms with E-state index in [1.165, 1.54) is 11.4 Å². The molecule has 0 aliphatic heterocycles. The summed E-state index contributed by atoms with van der Waals surface area (Å²) in [5.74, 6) is 0.215. The molecule has 1 heterocycles. The van der Waals surface area contributed by atoms with Crippen molar-refractivity contribution in [2.75, 3.05) is 19.3 Å². The number of hydrogen-bond donors (Lipinski definition) is 1. The lowest BCUT2D eigenvalue weighted by molar-refractivity contribution is -0.383. The zero-order valence-electron chi connectivity index (χ0n) is 11.0. The Bertz CT molecular complexity index is 567. The largest absolute Gasteiger partial charge is 0.385 e. The first kappa shape index (κ1) is 15.9. The first-order chi connectivity index (χ1) is 8.70. The second-order valence-corrected chi connectivity index (χ2v) is 7.73. The number of hydrogen-bond acceptors (Lipinski definition) is 6. The molecule has 108 valence electrons. The van der Waals surface area contributed by atoms with Crippen molar-refractivity contribution in [3.8, 4) is 0 Å². The van der Waals surface area contributed by atoms with Crippen LogP contribution in [0.3, 0.4) is 0 Å². The summed E-state index contributed by atoms with van der Waals surface area (Å²) in [5.41, 5.74) is 5.10. The van der Waals surface area contributed by atoms with Gasteiger partial charge in [-0.05, 0) is 5.92 Å². The highest BCUT2D eigenvalue weighted by Gasteiger charge is 2.28. The highest BCUT2D eigenvalue weighted by atomic mass is 32.2. The molecule has 0 fully saturated rings. The van der Waals surface area contributed by atoms with E-state index in [1.54, 1.807) is 0 Å². The van der Waals surface area contributed by atoms with Crippen LogP contribution in [0.5, 0.6) is 0 Å². The number of nitrogens with two attached hydrogens (primary N) is 1. The molecule has 0 aliphatic carbocycles. The van der Waals surface area contributed by atoms with Gasteiger partial charge >= 0.3 is 5.69 Å². The van der Waals surface area contributed by atoms with Gasteiger partial charge in [0.15, 0.2) is 5.00 Å². The Balaban J connectivity index is 3.07. The highest BCUT2D eigenvalue weighted by Crippen LogP contribution is 2.35. The van der Waals surface area contributed by atoms with Gasteiger partial charge in [-0.25, -0.2) is 8.42 Å². The Labute approximate surface area is 116 Å². The molecule has 1 aromatic rings. The molecule has 19 heavy (non-hydrogen) atoms. The number of anilines is 1. The van der Waals surface area contributed by atoms with E-state index in [4.69, 9.17) is 5.73 Å². The van der Waals surface area contributed by atoms with E-state index in [1.807, 2.05) is 13.8 Å². The molecule has 0 aromatic carbocycles. The summed E-state index contributed by atoms with van der Waals surface area (Å²) < 4.78 is 25.6. The first-order valence-corrected chi connectivity index (χ1v) is 7.95. The molecule has 1 rings (SSSR count). The Morgan fingerprint density at radius 3 is 2.58 bits per heavy atom. The molecule has 0 saturated carbocycles. The fourth-order valence-corrected chi connectivity index (χ4v) is 4.18. The summed E-state index contributed by atoms with van der Waals surface area (Å²) in [4.78, 5) is 10.00. The summed E-state index contributed by atoms with van der Waals surface area (Å²) >= 11 is 0.719. The third-order valence-electron chi connectivity index (χ3n) is 2.84. The number of thiophene rings is 1. The van der Waals surface area contributed by atoms with Crippen molar-refractivity contribution >= 4 is 32.0 Å². The quantitative estimate of drug-likeness (QED) is 0.638. The Morgan fingerprint density at radius 1 is 1.58 bits per heavy atom. The third-order valence-corrected chi connectivity index (χ3v) is 6.07. The summed E-state index contributed by atoms with van der Waals surface area (Å²) in [5, 5.41) is 10.6. The van der Waals surface area contributed by atoms with Crippen LogP contribution < -0.4 is 5.73 Å². The lowest BCUT2D eigenvalue weighted by Crippen LogP contribution is -2.30. The molecule has 7 nitrogen and oxygen atoms in total. The standard InChI is InChI=1S/C10H17N3O4S2/c1-4-7(2)6-12(3)19(16,17)9-5-8(13(14)15)10(11)18-9/h5,7H,4,6,11H2,1-3H3. The number of nitrogens with zero attached hydrogens (tertiary/aromatic N) is 2. The van der Waals surface area contributed by atoms with Gasteiger partial charge < -0.3 is 5.73 Å². The van der Waals surface area contributed by atoms with E-state index >= 15 is 0 Å². The van der Waals surface area contributed by atoms with Gasteiger partial charge in [0.1, 0.15) is 4.21 Å². The third kappa shape index (κ3) is 3.43. The average molecular weight is 307 g/mol. The Morgan fingerprint density at radius 2 is 2.16 bits per heavy atom. The fraction of sp³-hybridized carbons (Fsp3) is 0.600. The van der Waals surface area contributed by atoms with E-state index in [9.17, 15) is 18.5 Å². The molecule has 0 aliphatic rings. The SMILES string of the molecule is CCC(C)CN(C)S(=O)(=O)c1cc([N+](=O)[O-])c(N)s1. The van der Waals surface area contributed by atoms with Gasteiger partial charge in [0.25, 0.3) is 10.0 Å². The molecule has 1 atom stereocenters. The lowest BCUT2D eigenvalue weighted by atomic mass is 10.1. The molecule has 0 radical (unpaired) electrons. The predicted octanol–water partition coefficient (Wildman–Crippen LogP) is 1.91. The summed E-state index contributed by atoms with van der Waals surface area (Å²) in [6, 6.07) is 1.02. The molecule has 1 unspecified atom stereocenters. The van der Waals surface area contributed by atoms with Crippen molar-refractivity contribution in [3.05, 3.63) is 16.2 Å². The number of sulfonamides is 1. The molecule has 0 saturated heterocycles. The van der Waals surface area contributed by atoms with Crippen LogP contribution in [0, 0.1) is 16.0 Å². The topological polar surface area (TPSA) is 107 Å². The van der Waals surface area contributed by atoms with Crippen molar-refractivity contribution in [2.45, 2.75) is 24.5 Å². The van der Waals surface area contributed by atoms with Crippen LogP contribution in [-0.2, 0) is 10.0 Å². The normalized spacial score (nSPS) is 13.7. The van der Waals surface area contributed by atoms with Crippen LogP contribution in [0.2, 0.25) is 0 Å². The zero-order valence-corrected chi connectivity index (χ0v) is 12.6. The van der Waals surface area contributed by atoms with Gasteiger partial charge in [0.05, 0.1) is 4.92 Å². The van der Waals surface area contributed by atoms with Crippen molar-refractivity contribution in [2.24, 2.45) is 5.92 Å². The van der Waals surface area contributed by atoms with E-state index in [2.05, 4.69) is 0 Å². The van der Waals surface area contributed by atoms with Crippen LogP contribution in [0.25, 0.3) is 0 Å². The smallest absolute Gasteiger partial charge is 0.304 e. The highest BCUT2D eigenvalue weighted by molar-refractivity contribution is 7.91. The number of nitro groups is 1. The van der Waals surface area contributed by atoms with E-state index in [0.29, 0.717) is 6.54 Å². The van der Waals surface area contributed by atoms with Crippen LogP contribution in [0.15, 0.2) is 10.3 Å². The summed E-state index contributed by atoms with van der Waals surface area (Å²) in [7, 11) is -2.25. The Hall–Kier alpha value is -1.19. The maximum absolute atomic E-state index is 12.2. The average Bonchev–Trinajstić information content (AvgIpc) is 2.71. The molecular weight excluding hydrogens is 290 g/mol. The first-order valence-electron chi connectivity index (χ1n) is 5.70. The maximum atomic E-state index is 12.2. The Kier molecular flexibility index (Phi) is 4.88. The minimum Gasteiger partial charge on any atom is -0.385 e. The minimum atomic E-state index is -3.71. The van der Waals surface area contributed by atoms with Gasteiger partial charge in [-0.15, -0.1) is 0 Å². The number of rotatable bonds is 6. The van der Waals surface area contributed by atoms with Crippen molar-refractivity contribution in [3.63, 3.8) is 0 Å². The minimum absolute atomic E-state index is 0.0949. The van der Waals surface area contributed by atoms with Gasteiger partial charge in [0, 0.05) is 19.7 Å². The molecule has 1 aromatic heterocycles. The molecule has 0 bridgehead atoms. The van der Waals surface area contributed by atoms with E-state index in [-0.39, 0.29) is 20.8 Å². The fourth-order valence-electron chi connectivity index (χ4n) is 1.46. The van der Waals surface area contributed by atoms with Gasteiger partial charge in [-0.1, -0.05) is 31.6 Å². The van der Waals surface area contributed by atoms with Crippen LogP contribution in [0.1, 0.15) is 20.3 Å². The van der Waals surface area contributed by atoms with Crippen LogP contribution in [0.4, 0.5) is 10.7 Å².